The first kappa shape index (κ1) is 20.4. The summed E-state index contributed by atoms with van der Waals surface area (Å²) in [6.07, 6.45) is 7.73. The van der Waals surface area contributed by atoms with Crippen molar-refractivity contribution in [2.45, 2.75) is 44.8 Å². The van der Waals surface area contributed by atoms with Gasteiger partial charge in [-0.15, -0.1) is 0 Å². The Morgan fingerprint density at radius 2 is 1.90 bits per heavy atom. The number of nitrogens with zero attached hydrogens (tertiary/aromatic N) is 3. The van der Waals surface area contributed by atoms with Crippen LogP contribution in [0.2, 0.25) is 5.02 Å². The molecule has 2 aliphatic heterocycles. The molecule has 2 aromatic rings. The lowest BCUT2D eigenvalue weighted by molar-refractivity contribution is 0.0183. The average molecular weight is 417 g/mol. The van der Waals surface area contributed by atoms with E-state index in [-0.39, 0.29) is 5.92 Å². The smallest absolute Gasteiger partial charge is 0.129 e. The van der Waals surface area contributed by atoms with Gasteiger partial charge in [0.25, 0.3) is 0 Å². The number of hydrogen-bond donors (Lipinski definition) is 2. The van der Waals surface area contributed by atoms with Crippen molar-refractivity contribution in [2.24, 2.45) is 5.92 Å². The molecule has 4 rings (SSSR count). The van der Waals surface area contributed by atoms with E-state index in [1.165, 1.54) is 25.7 Å². The van der Waals surface area contributed by atoms with Crippen molar-refractivity contribution in [3.05, 3.63) is 35.5 Å². The van der Waals surface area contributed by atoms with Crippen molar-refractivity contribution >= 4 is 23.2 Å². The predicted molar refractivity (Wildman–Crippen MR) is 116 cm³/mol. The maximum Gasteiger partial charge on any atom is 0.129 e. The molecule has 0 saturated carbocycles. The summed E-state index contributed by atoms with van der Waals surface area (Å²) in [6, 6.07) is 7.79. The number of anilines is 2. The lowest BCUT2D eigenvalue weighted by atomic mass is 9.98. The van der Waals surface area contributed by atoms with Gasteiger partial charge >= 0.3 is 0 Å². The third-order valence-corrected chi connectivity index (χ3v) is 6.11. The van der Waals surface area contributed by atoms with Gasteiger partial charge in [0.05, 0.1) is 10.7 Å². The molecule has 2 saturated heterocycles. The van der Waals surface area contributed by atoms with Crippen molar-refractivity contribution < 1.29 is 9.84 Å². The van der Waals surface area contributed by atoms with E-state index in [0.717, 1.165) is 43.0 Å². The molecule has 0 spiro atoms. The van der Waals surface area contributed by atoms with Crippen molar-refractivity contribution in [2.75, 3.05) is 36.5 Å². The molecule has 0 amide bonds. The summed E-state index contributed by atoms with van der Waals surface area (Å²) >= 11 is 6.48. The summed E-state index contributed by atoms with van der Waals surface area (Å²) in [5.41, 5.74) is 1.64. The summed E-state index contributed by atoms with van der Waals surface area (Å²) in [5, 5.41) is 14.3. The lowest BCUT2D eigenvalue weighted by Crippen LogP contribution is -2.33. The monoisotopic (exact) mass is 416 g/mol. The van der Waals surface area contributed by atoms with Crippen LogP contribution >= 0.6 is 11.6 Å². The molecule has 0 aliphatic carbocycles. The zero-order valence-corrected chi connectivity index (χ0v) is 17.4. The maximum atomic E-state index is 10.5. The quantitative estimate of drug-likeness (QED) is 0.707. The molecule has 29 heavy (non-hydrogen) atoms. The minimum Gasteiger partial charge on any atom is -0.381 e. The van der Waals surface area contributed by atoms with Crippen molar-refractivity contribution in [3.8, 4) is 11.3 Å². The number of aromatic nitrogens is 2. The standard InChI is InChI=1S/C22H29ClN4O2/c23-18-15-24-21(27-10-3-1-2-4-11-27)14-17(18)19-6-5-7-20(25-19)26-22(28)16-8-12-29-13-9-16/h5-7,14-16,22,28H,1-4,8-13H2,(H,25,26). The molecule has 4 heterocycles. The van der Waals surface area contributed by atoms with Crippen molar-refractivity contribution in [3.63, 3.8) is 0 Å². The summed E-state index contributed by atoms with van der Waals surface area (Å²) in [6.45, 7) is 3.45. The van der Waals surface area contributed by atoms with Crippen LogP contribution in [-0.4, -0.2) is 47.6 Å². The number of nitrogens with one attached hydrogen (secondary N) is 1. The van der Waals surface area contributed by atoms with Gasteiger partial charge < -0.3 is 20.1 Å². The summed E-state index contributed by atoms with van der Waals surface area (Å²) in [4.78, 5) is 11.6. The number of aliphatic hydroxyl groups is 1. The van der Waals surface area contributed by atoms with Crippen LogP contribution in [0.25, 0.3) is 11.3 Å². The Morgan fingerprint density at radius 1 is 1.14 bits per heavy atom. The highest BCUT2D eigenvalue weighted by Crippen LogP contribution is 2.31. The van der Waals surface area contributed by atoms with E-state index in [1.807, 2.05) is 24.3 Å². The van der Waals surface area contributed by atoms with Crippen LogP contribution in [0.1, 0.15) is 38.5 Å². The van der Waals surface area contributed by atoms with Crippen LogP contribution < -0.4 is 10.2 Å². The maximum absolute atomic E-state index is 10.5. The number of rotatable bonds is 5. The summed E-state index contributed by atoms with van der Waals surface area (Å²) in [5.74, 6) is 1.77. The minimum atomic E-state index is -0.637. The van der Waals surface area contributed by atoms with E-state index in [0.29, 0.717) is 24.1 Å². The zero-order chi connectivity index (χ0) is 20.1. The Kier molecular flexibility index (Phi) is 6.85. The van der Waals surface area contributed by atoms with E-state index in [9.17, 15) is 5.11 Å². The van der Waals surface area contributed by atoms with E-state index in [2.05, 4.69) is 15.2 Å². The minimum absolute atomic E-state index is 0.174. The summed E-state index contributed by atoms with van der Waals surface area (Å²) in [7, 11) is 0. The number of pyridine rings is 2. The molecule has 7 heteroatoms. The Morgan fingerprint density at radius 3 is 2.66 bits per heavy atom. The van der Waals surface area contributed by atoms with Gasteiger partial charge in [0, 0.05) is 44.0 Å². The molecule has 2 aliphatic rings. The third-order valence-electron chi connectivity index (χ3n) is 5.80. The van der Waals surface area contributed by atoms with Crippen LogP contribution in [0.4, 0.5) is 11.6 Å². The summed E-state index contributed by atoms with van der Waals surface area (Å²) < 4.78 is 5.38. The van der Waals surface area contributed by atoms with Gasteiger partial charge in [0.1, 0.15) is 17.9 Å². The van der Waals surface area contributed by atoms with Crippen LogP contribution in [-0.2, 0) is 4.74 Å². The highest BCUT2D eigenvalue weighted by Gasteiger charge is 2.22. The molecular formula is C22H29ClN4O2. The molecule has 0 radical (unpaired) electrons. The predicted octanol–water partition coefficient (Wildman–Crippen LogP) is 4.33. The van der Waals surface area contributed by atoms with Gasteiger partial charge in [-0.05, 0) is 43.9 Å². The molecule has 2 aromatic heterocycles. The number of aliphatic hydroxyl groups excluding tert-OH is 1. The lowest BCUT2D eigenvalue weighted by Gasteiger charge is -2.27. The van der Waals surface area contributed by atoms with Gasteiger partial charge in [-0.3, -0.25) is 0 Å². The number of hydrogen-bond acceptors (Lipinski definition) is 6. The van der Waals surface area contributed by atoms with Crippen LogP contribution in [0.3, 0.4) is 0 Å². The van der Waals surface area contributed by atoms with E-state index in [4.69, 9.17) is 21.3 Å². The Bertz CT molecular complexity index is 805. The molecule has 156 valence electrons. The second kappa shape index (κ2) is 9.74. The SMILES string of the molecule is OC(Nc1cccc(-c2cc(N3CCCCCC3)ncc2Cl)n1)C1CCOCC1. The number of ether oxygens (including phenoxy) is 1. The normalized spacial score (nSPS) is 19.6. The second-order valence-corrected chi connectivity index (χ2v) is 8.28. The molecule has 0 bridgehead atoms. The largest absolute Gasteiger partial charge is 0.381 e. The highest BCUT2D eigenvalue weighted by molar-refractivity contribution is 6.33. The van der Waals surface area contributed by atoms with E-state index >= 15 is 0 Å². The molecule has 1 atom stereocenters. The van der Waals surface area contributed by atoms with Gasteiger partial charge in [-0.1, -0.05) is 30.5 Å². The number of halogens is 1. The Hall–Kier alpha value is -1.89. The molecule has 6 nitrogen and oxygen atoms in total. The molecule has 1 unspecified atom stereocenters. The van der Waals surface area contributed by atoms with Crippen LogP contribution in [0.5, 0.6) is 0 Å². The first-order valence-electron chi connectivity index (χ1n) is 10.6. The highest BCUT2D eigenvalue weighted by atomic mass is 35.5. The average Bonchev–Trinajstić information content (AvgIpc) is 3.04. The van der Waals surface area contributed by atoms with Crippen molar-refractivity contribution in [1.29, 1.82) is 0 Å². The molecule has 2 N–H and O–H groups in total. The molecule has 0 aromatic carbocycles. The van der Waals surface area contributed by atoms with Gasteiger partial charge in [0.15, 0.2) is 0 Å². The molecule has 2 fully saturated rings. The Balaban J connectivity index is 1.53. The van der Waals surface area contributed by atoms with E-state index < -0.39 is 6.23 Å². The van der Waals surface area contributed by atoms with E-state index in [1.54, 1.807) is 6.20 Å². The first-order valence-corrected chi connectivity index (χ1v) is 11.0. The van der Waals surface area contributed by atoms with Crippen LogP contribution in [0.15, 0.2) is 30.5 Å². The van der Waals surface area contributed by atoms with Gasteiger partial charge in [-0.25, -0.2) is 9.97 Å². The fraction of sp³-hybridized carbons (Fsp3) is 0.545. The van der Waals surface area contributed by atoms with Gasteiger partial charge in [0.2, 0.25) is 0 Å². The fourth-order valence-electron chi connectivity index (χ4n) is 4.06. The third kappa shape index (κ3) is 5.18. The second-order valence-electron chi connectivity index (χ2n) is 7.87. The zero-order valence-electron chi connectivity index (χ0n) is 16.7. The fourth-order valence-corrected chi connectivity index (χ4v) is 4.26. The molecular weight excluding hydrogens is 388 g/mol. The van der Waals surface area contributed by atoms with Crippen LogP contribution in [0, 0.1) is 5.92 Å². The Labute approximate surface area is 177 Å². The van der Waals surface area contributed by atoms with Crippen molar-refractivity contribution in [1.82, 2.24) is 9.97 Å². The first-order chi connectivity index (χ1) is 14.2. The topological polar surface area (TPSA) is 70.5 Å². The van der Waals surface area contributed by atoms with Gasteiger partial charge in [-0.2, -0.15) is 0 Å².